The third-order valence-electron chi connectivity index (χ3n) is 5.09. The van der Waals surface area contributed by atoms with Crippen molar-refractivity contribution in [2.75, 3.05) is 0 Å². The molecule has 0 unspecified atom stereocenters. The van der Waals surface area contributed by atoms with E-state index in [9.17, 15) is 4.39 Å². The number of oxazole rings is 1. The molecular formula is C26H19FN2O2. The van der Waals surface area contributed by atoms with E-state index in [4.69, 9.17) is 14.1 Å². The number of fused-ring (bicyclic) bond motifs is 1. The quantitative estimate of drug-likeness (QED) is 0.323. The Kier molecular flexibility index (Phi) is 4.92. The first-order valence-corrected chi connectivity index (χ1v) is 9.98. The van der Waals surface area contributed by atoms with Crippen LogP contribution in [-0.2, 0) is 6.42 Å². The van der Waals surface area contributed by atoms with Crippen molar-refractivity contribution in [3.63, 3.8) is 0 Å². The minimum absolute atomic E-state index is 0.287. The normalized spacial score (nSPS) is 11.0. The molecule has 0 fully saturated rings. The Hall–Kier alpha value is -3.99. The van der Waals surface area contributed by atoms with Gasteiger partial charge in [0.15, 0.2) is 0 Å². The molecule has 0 N–H and O–H groups in total. The van der Waals surface area contributed by atoms with Gasteiger partial charge in [-0.1, -0.05) is 18.2 Å². The number of aryl methyl sites for hydroxylation is 1. The van der Waals surface area contributed by atoms with Crippen molar-refractivity contribution in [3.8, 4) is 23.0 Å². The molecule has 5 heteroatoms. The second-order valence-electron chi connectivity index (χ2n) is 7.31. The third-order valence-corrected chi connectivity index (χ3v) is 5.09. The summed E-state index contributed by atoms with van der Waals surface area (Å²) in [6.45, 7) is 1.93. The lowest BCUT2D eigenvalue weighted by Gasteiger charge is -2.06. The maximum absolute atomic E-state index is 13.0. The van der Waals surface area contributed by atoms with Crippen LogP contribution in [0.1, 0.15) is 17.0 Å². The predicted molar refractivity (Wildman–Crippen MR) is 118 cm³/mol. The minimum Gasteiger partial charge on any atom is -0.457 e. The molecule has 152 valence electrons. The van der Waals surface area contributed by atoms with Crippen LogP contribution in [0.3, 0.4) is 0 Å². The van der Waals surface area contributed by atoms with Crippen LogP contribution >= 0.6 is 0 Å². The Bertz CT molecular complexity index is 1340. The van der Waals surface area contributed by atoms with Gasteiger partial charge in [0.25, 0.3) is 0 Å². The monoisotopic (exact) mass is 410 g/mol. The Labute approximate surface area is 179 Å². The molecule has 0 aliphatic heterocycles. The number of rotatable bonds is 5. The van der Waals surface area contributed by atoms with Crippen molar-refractivity contribution < 1.29 is 13.5 Å². The first-order valence-electron chi connectivity index (χ1n) is 9.98. The average molecular weight is 410 g/mol. The Balaban J connectivity index is 1.33. The smallest absolute Gasteiger partial charge is 0.226 e. The van der Waals surface area contributed by atoms with E-state index in [1.54, 1.807) is 18.3 Å². The highest BCUT2D eigenvalue weighted by Crippen LogP contribution is 2.27. The fourth-order valence-corrected chi connectivity index (χ4v) is 3.43. The molecule has 0 bridgehead atoms. The largest absolute Gasteiger partial charge is 0.457 e. The highest BCUT2D eigenvalue weighted by Gasteiger charge is 2.13. The number of ether oxygens (including phenoxy) is 1. The van der Waals surface area contributed by atoms with Gasteiger partial charge in [-0.2, -0.15) is 0 Å². The van der Waals surface area contributed by atoms with Crippen LogP contribution in [0.5, 0.6) is 11.5 Å². The van der Waals surface area contributed by atoms with Crippen LogP contribution in [0, 0.1) is 12.7 Å². The molecule has 5 rings (SSSR count). The van der Waals surface area contributed by atoms with E-state index in [1.807, 2.05) is 61.5 Å². The zero-order valence-corrected chi connectivity index (χ0v) is 16.9. The summed E-state index contributed by atoms with van der Waals surface area (Å²) < 4.78 is 24.7. The molecule has 0 radical (unpaired) electrons. The van der Waals surface area contributed by atoms with Gasteiger partial charge in [-0.15, -0.1) is 0 Å². The van der Waals surface area contributed by atoms with E-state index in [-0.39, 0.29) is 5.82 Å². The molecule has 5 aromatic rings. The van der Waals surface area contributed by atoms with Crippen LogP contribution in [0.15, 0.2) is 89.5 Å². The third kappa shape index (κ3) is 4.16. The Morgan fingerprint density at radius 2 is 1.65 bits per heavy atom. The molecule has 2 aromatic heterocycles. The zero-order chi connectivity index (χ0) is 21.2. The highest BCUT2D eigenvalue weighted by atomic mass is 19.1. The lowest BCUT2D eigenvalue weighted by Crippen LogP contribution is -1.92. The van der Waals surface area contributed by atoms with Crippen molar-refractivity contribution in [1.29, 1.82) is 0 Å². The molecule has 0 spiro atoms. The number of pyridine rings is 1. The molecular weight excluding hydrogens is 391 g/mol. The predicted octanol–water partition coefficient (Wildman–Crippen LogP) is 6.72. The van der Waals surface area contributed by atoms with Crippen LogP contribution < -0.4 is 4.74 Å². The van der Waals surface area contributed by atoms with E-state index in [0.29, 0.717) is 23.8 Å². The lowest BCUT2D eigenvalue weighted by molar-refractivity contribution is 0.480. The lowest BCUT2D eigenvalue weighted by atomic mass is 10.1. The number of nitrogens with zero attached hydrogens (tertiary/aromatic N) is 2. The Morgan fingerprint density at radius 3 is 2.42 bits per heavy atom. The van der Waals surface area contributed by atoms with Gasteiger partial charge >= 0.3 is 0 Å². The first-order chi connectivity index (χ1) is 15.1. The second kappa shape index (κ2) is 8.03. The SMILES string of the molecule is Cc1oc(-c2ccc3ncccc3c2)nc1Cc1ccc(Oc2ccc(F)cc2)cc1. The fraction of sp³-hybridized carbons (Fsp3) is 0.0769. The minimum atomic E-state index is -0.287. The van der Waals surface area contributed by atoms with E-state index in [1.165, 1.54) is 12.1 Å². The number of aromatic nitrogens is 2. The maximum atomic E-state index is 13.0. The summed E-state index contributed by atoms with van der Waals surface area (Å²) >= 11 is 0. The molecule has 4 nitrogen and oxygen atoms in total. The van der Waals surface area contributed by atoms with Gasteiger partial charge in [-0.05, 0) is 73.2 Å². The van der Waals surface area contributed by atoms with Crippen LogP contribution in [0.25, 0.3) is 22.4 Å². The van der Waals surface area contributed by atoms with Crippen LogP contribution in [0.2, 0.25) is 0 Å². The first kappa shape index (κ1) is 19.0. The van der Waals surface area contributed by atoms with Crippen molar-refractivity contribution in [1.82, 2.24) is 9.97 Å². The van der Waals surface area contributed by atoms with E-state index < -0.39 is 0 Å². The van der Waals surface area contributed by atoms with Gasteiger partial charge in [-0.3, -0.25) is 4.98 Å². The Morgan fingerprint density at radius 1 is 0.903 bits per heavy atom. The van der Waals surface area contributed by atoms with Gasteiger partial charge in [0.05, 0.1) is 11.2 Å². The summed E-state index contributed by atoms with van der Waals surface area (Å²) in [6.07, 6.45) is 2.44. The summed E-state index contributed by atoms with van der Waals surface area (Å²) in [5.41, 5.74) is 3.86. The average Bonchev–Trinajstić information content (AvgIpc) is 3.16. The maximum Gasteiger partial charge on any atom is 0.226 e. The second-order valence-corrected chi connectivity index (χ2v) is 7.31. The van der Waals surface area contributed by atoms with Gasteiger partial charge in [-0.25, -0.2) is 9.37 Å². The number of benzene rings is 3. The number of hydrogen-bond acceptors (Lipinski definition) is 4. The zero-order valence-electron chi connectivity index (χ0n) is 16.9. The number of halogens is 1. The van der Waals surface area contributed by atoms with Gasteiger partial charge < -0.3 is 9.15 Å². The molecule has 0 aliphatic carbocycles. The number of hydrogen-bond donors (Lipinski definition) is 0. The van der Waals surface area contributed by atoms with Gasteiger partial charge in [0.1, 0.15) is 23.1 Å². The summed E-state index contributed by atoms with van der Waals surface area (Å²) in [6, 6.07) is 23.7. The molecule has 0 atom stereocenters. The van der Waals surface area contributed by atoms with Crippen molar-refractivity contribution in [2.24, 2.45) is 0 Å². The molecule has 0 amide bonds. The van der Waals surface area contributed by atoms with Gasteiger partial charge in [0, 0.05) is 23.6 Å². The standard InChI is InChI=1S/C26H19FN2O2/c1-17-25(29-26(30-17)20-6-13-24-19(16-20)3-2-14-28-24)15-18-4-9-22(10-5-18)31-23-11-7-21(27)8-12-23/h2-14,16H,15H2,1H3. The molecule has 31 heavy (non-hydrogen) atoms. The summed E-state index contributed by atoms with van der Waals surface area (Å²) in [7, 11) is 0. The molecule has 0 saturated carbocycles. The van der Waals surface area contributed by atoms with Crippen LogP contribution in [0.4, 0.5) is 4.39 Å². The fourth-order valence-electron chi connectivity index (χ4n) is 3.43. The summed E-state index contributed by atoms with van der Waals surface area (Å²) in [5.74, 6) is 2.40. The van der Waals surface area contributed by atoms with Crippen molar-refractivity contribution in [2.45, 2.75) is 13.3 Å². The topological polar surface area (TPSA) is 48.2 Å². The van der Waals surface area contributed by atoms with Crippen molar-refractivity contribution in [3.05, 3.63) is 108 Å². The summed E-state index contributed by atoms with van der Waals surface area (Å²) in [4.78, 5) is 9.08. The van der Waals surface area contributed by atoms with E-state index >= 15 is 0 Å². The summed E-state index contributed by atoms with van der Waals surface area (Å²) in [5, 5.41) is 1.05. The molecule has 3 aromatic carbocycles. The molecule has 0 saturated heterocycles. The molecule has 0 aliphatic rings. The van der Waals surface area contributed by atoms with E-state index in [2.05, 4.69) is 4.98 Å². The van der Waals surface area contributed by atoms with Crippen molar-refractivity contribution >= 4 is 10.9 Å². The van der Waals surface area contributed by atoms with Gasteiger partial charge in [0.2, 0.25) is 5.89 Å². The van der Waals surface area contributed by atoms with Crippen LogP contribution in [-0.4, -0.2) is 9.97 Å². The highest BCUT2D eigenvalue weighted by molar-refractivity contribution is 5.82. The van der Waals surface area contributed by atoms with E-state index in [0.717, 1.165) is 33.5 Å². The molecule has 2 heterocycles.